The van der Waals surface area contributed by atoms with Crippen LogP contribution in [-0.2, 0) is 9.53 Å². The molecule has 106 valence electrons. The second-order valence-corrected chi connectivity index (χ2v) is 6.10. The van der Waals surface area contributed by atoms with Crippen molar-refractivity contribution in [1.82, 2.24) is 0 Å². The molecule has 2 nitrogen and oxygen atoms in total. The fourth-order valence-corrected chi connectivity index (χ4v) is 2.67. The van der Waals surface area contributed by atoms with E-state index in [9.17, 15) is 4.79 Å². The Kier molecular flexibility index (Phi) is 8.11. The van der Waals surface area contributed by atoms with Crippen LogP contribution in [0.25, 0.3) is 0 Å². The summed E-state index contributed by atoms with van der Waals surface area (Å²) in [6, 6.07) is 0. The van der Waals surface area contributed by atoms with Crippen molar-refractivity contribution >= 4 is 5.97 Å². The average Bonchev–Trinajstić information content (AvgIpc) is 2.33. The van der Waals surface area contributed by atoms with E-state index in [-0.39, 0.29) is 5.97 Å². The molecule has 2 unspecified atom stereocenters. The molecule has 0 bridgehead atoms. The zero-order chi connectivity index (χ0) is 13.2. The Morgan fingerprint density at radius 2 is 1.44 bits per heavy atom. The third-order valence-electron chi connectivity index (χ3n) is 4.10. The molecule has 0 saturated carbocycles. The van der Waals surface area contributed by atoms with Crippen molar-refractivity contribution in [3.05, 3.63) is 0 Å². The maximum Gasteiger partial charge on any atom is 0.305 e. The molecular weight excluding hydrogens is 224 g/mol. The first-order valence-corrected chi connectivity index (χ1v) is 7.84. The van der Waals surface area contributed by atoms with Gasteiger partial charge in [0.05, 0.1) is 6.61 Å². The lowest BCUT2D eigenvalue weighted by Gasteiger charge is -2.14. The first-order valence-electron chi connectivity index (χ1n) is 7.84. The lowest BCUT2D eigenvalue weighted by atomic mass is 9.93. The highest BCUT2D eigenvalue weighted by molar-refractivity contribution is 5.69. The van der Waals surface area contributed by atoms with Gasteiger partial charge < -0.3 is 4.74 Å². The molecule has 0 aromatic carbocycles. The van der Waals surface area contributed by atoms with E-state index >= 15 is 0 Å². The largest absolute Gasteiger partial charge is 0.466 e. The molecule has 1 aliphatic rings. The average molecular weight is 254 g/mol. The van der Waals surface area contributed by atoms with Gasteiger partial charge in [0.25, 0.3) is 0 Å². The Morgan fingerprint density at radius 1 is 0.833 bits per heavy atom. The van der Waals surface area contributed by atoms with Gasteiger partial charge in [-0.05, 0) is 24.7 Å². The van der Waals surface area contributed by atoms with E-state index in [1.54, 1.807) is 0 Å². The molecule has 0 spiro atoms. The molecule has 2 heteroatoms. The van der Waals surface area contributed by atoms with Gasteiger partial charge in [0.1, 0.15) is 0 Å². The summed E-state index contributed by atoms with van der Waals surface area (Å²) in [4.78, 5) is 11.5. The van der Waals surface area contributed by atoms with Crippen LogP contribution in [0.15, 0.2) is 0 Å². The second kappa shape index (κ2) is 9.41. The molecule has 1 rings (SSSR count). The van der Waals surface area contributed by atoms with E-state index in [0.29, 0.717) is 18.9 Å². The van der Waals surface area contributed by atoms with Crippen molar-refractivity contribution in [2.24, 2.45) is 11.8 Å². The van der Waals surface area contributed by atoms with Crippen molar-refractivity contribution in [1.29, 1.82) is 0 Å². The molecule has 0 N–H and O–H groups in total. The SMILES string of the molecule is CC1CCCCCCC(=O)OCCC(C)CCC1. The Balaban J connectivity index is 2.30. The van der Waals surface area contributed by atoms with Gasteiger partial charge in [0.15, 0.2) is 0 Å². The minimum atomic E-state index is 0.00504. The zero-order valence-electron chi connectivity index (χ0n) is 12.2. The summed E-state index contributed by atoms with van der Waals surface area (Å²) >= 11 is 0. The van der Waals surface area contributed by atoms with Gasteiger partial charge in [-0.25, -0.2) is 0 Å². The van der Waals surface area contributed by atoms with Crippen LogP contribution in [0, 0.1) is 11.8 Å². The van der Waals surface area contributed by atoms with Crippen LogP contribution >= 0.6 is 0 Å². The Morgan fingerprint density at radius 3 is 2.22 bits per heavy atom. The fourth-order valence-electron chi connectivity index (χ4n) is 2.67. The van der Waals surface area contributed by atoms with Crippen molar-refractivity contribution in [3.63, 3.8) is 0 Å². The topological polar surface area (TPSA) is 26.3 Å². The third-order valence-corrected chi connectivity index (χ3v) is 4.10. The summed E-state index contributed by atoms with van der Waals surface area (Å²) in [6.07, 6.45) is 11.8. The van der Waals surface area contributed by atoms with Gasteiger partial charge in [-0.2, -0.15) is 0 Å². The minimum Gasteiger partial charge on any atom is -0.466 e. The maximum absolute atomic E-state index is 11.5. The van der Waals surface area contributed by atoms with Crippen LogP contribution in [-0.4, -0.2) is 12.6 Å². The van der Waals surface area contributed by atoms with E-state index in [2.05, 4.69) is 13.8 Å². The monoisotopic (exact) mass is 254 g/mol. The van der Waals surface area contributed by atoms with Gasteiger partial charge in [0, 0.05) is 6.42 Å². The molecule has 1 fully saturated rings. The molecule has 1 saturated heterocycles. The molecule has 1 aliphatic heterocycles. The van der Waals surface area contributed by atoms with Crippen LogP contribution in [0.1, 0.15) is 78.1 Å². The second-order valence-electron chi connectivity index (χ2n) is 6.10. The van der Waals surface area contributed by atoms with Gasteiger partial charge in [0.2, 0.25) is 0 Å². The standard InChI is InChI=1S/C16H30O2/c1-14-8-5-3-4-6-11-16(17)18-13-12-15(2)10-7-9-14/h14-15H,3-13H2,1-2H3. The number of carbonyl (C=O) groups is 1. The first-order chi connectivity index (χ1) is 8.68. The molecule has 0 aromatic heterocycles. The van der Waals surface area contributed by atoms with Crippen LogP contribution < -0.4 is 0 Å². The summed E-state index contributed by atoms with van der Waals surface area (Å²) in [6.45, 7) is 5.28. The first kappa shape index (κ1) is 15.5. The third kappa shape index (κ3) is 7.73. The molecule has 0 aliphatic carbocycles. The number of carbonyl (C=O) groups excluding carboxylic acids is 1. The van der Waals surface area contributed by atoms with Gasteiger partial charge >= 0.3 is 5.97 Å². The summed E-state index contributed by atoms with van der Waals surface area (Å²) < 4.78 is 5.27. The molecule has 0 radical (unpaired) electrons. The van der Waals surface area contributed by atoms with Crippen LogP contribution in [0.3, 0.4) is 0 Å². The fraction of sp³-hybridized carbons (Fsp3) is 0.938. The van der Waals surface area contributed by atoms with Crippen LogP contribution in [0.5, 0.6) is 0 Å². The number of hydrogen-bond acceptors (Lipinski definition) is 2. The Labute approximate surface area is 112 Å². The van der Waals surface area contributed by atoms with Gasteiger partial charge in [-0.15, -0.1) is 0 Å². The number of rotatable bonds is 0. The van der Waals surface area contributed by atoms with Crippen molar-refractivity contribution in [3.8, 4) is 0 Å². The smallest absolute Gasteiger partial charge is 0.305 e. The van der Waals surface area contributed by atoms with Crippen LogP contribution in [0.2, 0.25) is 0 Å². The lowest BCUT2D eigenvalue weighted by molar-refractivity contribution is -0.144. The van der Waals surface area contributed by atoms with E-state index in [4.69, 9.17) is 4.74 Å². The van der Waals surface area contributed by atoms with E-state index in [1.807, 2.05) is 0 Å². The molecule has 0 aromatic rings. The minimum absolute atomic E-state index is 0.00504. The highest BCUT2D eigenvalue weighted by atomic mass is 16.5. The number of hydrogen-bond donors (Lipinski definition) is 0. The normalized spacial score (nSPS) is 30.0. The molecule has 2 atom stereocenters. The van der Waals surface area contributed by atoms with E-state index in [0.717, 1.165) is 18.8 Å². The van der Waals surface area contributed by atoms with E-state index < -0.39 is 0 Å². The van der Waals surface area contributed by atoms with Crippen molar-refractivity contribution in [2.45, 2.75) is 78.1 Å². The molecule has 0 amide bonds. The summed E-state index contributed by atoms with van der Waals surface area (Å²) in [5, 5.41) is 0. The van der Waals surface area contributed by atoms with Crippen molar-refractivity contribution < 1.29 is 9.53 Å². The zero-order valence-corrected chi connectivity index (χ0v) is 12.2. The Hall–Kier alpha value is -0.530. The number of ether oxygens (including phenoxy) is 1. The summed E-state index contributed by atoms with van der Waals surface area (Å²) in [7, 11) is 0. The quantitative estimate of drug-likeness (QED) is 0.585. The lowest BCUT2D eigenvalue weighted by Crippen LogP contribution is -2.08. The molecular formula is C16H30O2. The predicted molar refractivity (Wildman–Crippen MR) is 75.5 cm³/mol. The Bertz CT molecular complexity index is 225. The summed E-state index contributed by atoms with van der Waals surface area (Å²) in [5.41, 5.74) is 0. The van der Waals surface area contributed by atoms with E-state index in [1.165, 1.54) is 44.9 Å². The summed E-state index contributed by atoms with van der Waals surface area (Å²) in [5.74, 6) is 1.57. The molecule has 1 heterocycles. The number of cyclic esters (lactones) is 1. The van der Waals surface area contributed by atoms with Gasteiger partial charge in [-0.1, -0.05) is 58.8 Å². The van der Waals surface area contributed by atoms with Crippen LogP contribution in [0.4, 0.5) is 0 Å². The predicted octanol–water partition coefficient (Wildman–Crippen LogP) is 4.72. The van der Waals surface area contributed by atoms with Crippen molar-refractivity contribution in [2.75, 3.05) is 6.61 Å². The highest BCUT2D eigenvalue weighted by Gasteiger charge is 2.09. The highest BCUT2D eigenvalue weighted by Crippen LogP contribution is 2.20. The molecule has 18 heavy (non-hydrogen) atoms. The number of esters is 1. The maximum atomic E-state index is 11.5. The van der Waals surface area contributed by atoms with Gasteiger partial charge in [-0.3, -0.25) is 4.79 Å².